The predicted octanol–water partition coefficient (Wildman–Crippen LogP) is 22.5. The lowest BCUT2D eigenvalue weighted by Gasteiger charge is -2.27. The zero-order valence-electron chi connectivity index (χ0n) is 55.9. The minimum Gasteiger partial charge on any atom is -0.456 e. The summed E-state index contributed by atoms with van der Waals surface area (Å²) in [4.78, 5) is 37.9. The number of hydrogen-bond donors (Lipinski definition) is 2. The van der Waals surface area contributed by atoms with Crippen LogP contribution in [-0.4, -0.2) is 74.3 Å². The highest BCUT2D eigenvalue weighted by Crippen LogP contribution is 2.43. The maximum atomic E-state index is 13.6. The van der Waals surface area contributed by atoms with E-state index in [1.807, 2.05) is 33.3 Å². The van der Waals surface area contributed by atoms with E-state index in [2.05, 4.69) is 99.0 Å². The van der Waals surface area contributed by atoms with E-state index in [-0.39, 0.29) is 31.5 Å². The highest BCUT2D eigenvalue weighted by molar-refractivity contribution is 7.47. The first-order valence-electron chi connectivity index (χ1n) is 35.4. The maximum absolute atomic E-state index is 13.6. The summed E-state index contributed by atoms with van der Waals surface area (Å²) in [6, 6.07) is -0.865. The third-order valence-electron chi connectivity index (χ3n) is 15.6. The van der Waals surface area contributed by atoms with Gasteiger partial charge in [-0.05, 0) is 83.1 Å². The van der Waals surface area contributed by atoms with Crippen molar-refractivity contribution in [2.45, 2.75) is 335 Å². The van der Waals surface area contributed by atoms with Gasteiger partial charge >= 0.3 is 13.8 Å². The Morgan fingerprint density at radius 2 is 0.762 bits per heavy atom. The van der Waals surface area contributed by atoms with E-state index in [9.17, 15) is 19.0 Å². The second-order valence-electron chi connectivity index (χ2n) is 25.0. The normalized spacial score (nSPS) is 14.0. The topological polar surface area (TPSA) is 111 Å². The first-order chi connectivity index (χ1) is 40.9. The van der Waals surface area contributed by atoms with Crippen molar-refractivity contribution in [2.24, 2.45) is 0 Å². The molecule has 0 aromatic rings. The van der Waals surface area contributed by atoms with Gasteiger partial charge in [-0.25, -0.2) is 4.57 Å². The number of amides is 1. The number of unbranched alkanes of at least 4 members (excludes halogenated alkanes) is 36. The number of esters is 1. The summed E-state index contributed by atoms with van der Waals surface area (Å²) in [5.74, 6) is -0.525. The lowest BCUT2D eigenvalue weighted by atomic mass is 10.0. The molecular formula is C74H136N2O7P+. The molecule has 0 heterocycles. The van der Waals surface area contributed by atoms with Gasteiger partial charge in [-0.1, -0.05) is 312 Å². The van der Waals surface area contributed by atoms with E-state index in [1.165, 1.54) is 180 Å². The second-order valence-corrected chi connectivity index (χ2v) is 26.5. The van der Waals surface area contributed by atoms with Crippen molar-refractivity contribution in [1.82, 2.24) is 5.32 Å². The van der Waals surface area contributed by atoms with Crippen molar-refractivity contribution in [3.05, 3.63) is 85.1 Å². The summed E-state index contributed by atoms with van der Waals surface area (Å²) >= 11 is 0. The molecule has 0 aromatic carbocycles. The Morgan fingerprint density at radius 3 is 1.14 bits per heavy atom. The number of phosphoric ester groups is 1. The van der Waals surface area contributed by atoms with Gasteiger partial charge in [-0.3, -0.25) is 18.6 Å². The van der Waals surface area contributed by atoms with Gasteiger partial charge in [0.05, 0.1) is 33.8 Å². The van der Waals surface area contributed by atoms with E-state index in [4.69, 9.17) is 13.8 Å². The van der Waals surface area contributed by atoms with Crippen LogP contribution in [0.15, 0.2) is 85.1 Å². The van der Waals surface area contributed by atoms with Crippen LogP contribution in [0, 0.1) is 0 Å². The number of carbonyl (C=O) groups is 2. The van der Waals surface area contributed by atoms with Crippen LogP contribution in [0.1, 0.15) is 323 Å². The molecule has 0 rings (SSSR count). The van der Waals surface area contributed by atoms with Crippen LogP contribution >= 0.6 is 7.82 Å². The molecule has 2 N–H and O–H groups in total. The number of nitrogens with zero attached hydrogens (tertiary/aromatic N) is 1. The average molecular weight is 1200 g/mol. The number of quaternary nitrogens is 1. The van der Waals surface area contributed by atoms with Gasteiger partial charge in [-0.15, -0.1) is 0 Å². The third kappa shape index (κ3) is 63.7. The molecule has 0 aromatic heterocycles. The molecule has 0 saturated carbocycles. The van der Waals surface area contributed by atoms with Gasteiger partial charge in [0, 0.05) is 12.8 Å². The van der Waals surface area contributed by atoms with E-state index in [1.54, 1.807) is 0 Å². The molecule has 0 aliphatic rings. The van der Waals surface area contributed by atoms with Crippen LogP contribution < -0.4 is 5.32 Å². The molecule has 0 bridgehead atoms. The van der Waals surface area contributed by atoms with Gasteiger partial charge < -0.3 is 19.4 Å². The molecule has 3 unspecified atom stereocenters. The summed E-state index contributed by atoms with van der Waals surface area (Å²) in [5, 5.41) is 3.06. The van der Waals surface area contributed by atoms with Crippen molar-refractivity contribution < 1.29 is 37.3 Å². The van der Waals surface area contributed by atoms with Crippen LogP contribution in [0.5, 0.6) is 0 Å². The molecule has 3 atom stereocenters. The van der Waals surface area contributed by atoms with Gasteiger partial charge in [-0.2, -0.15) is 0 Å². The second kappa shape index (κ2) is 63.2. The number of likely N-dealkylation sites (N-methyl/N-ethyl adjacent to an activating group) is 1. The molecular weight excluding hydrogens is 1060 g/mol. The molecule has 1 amide bonds. The van der Waals surface area contributed by atoms with Crippen LogP contribution in [0.25, 0.3) is 0 Å². The van der Waals surface area contributed by atoms with Gasteiger partial charge in [0.15, 0.2) is 0 Å². The Balaban J connectivity index is 5.13. The Labute approximate surface area is 520 Å². The number of phosphoric acid groups is 1. The van der Waals surface area contributed by atoms with Crippen molar-refractivity contribution >= 4 is 19.7 Å². The lowest BCUT2D eigenvalue weighted by Crippen LogP contribution is -2.47. The predicted molar refractivity (Wildman–Crippen MR) is 364 cm³/mol. The standard InChI is InChI=1S/C74H135N2O7P/c1-7-10-13-16-19-22-25-28-30-32-34-36-38-40-42-44-46-48-51-54-57-60-63-66-73(77)75-71(70-82-84(79,80)81-69-68-76(4,5)6)72(65-62-59-56-53-50-27-24-21-18-15-12-9-3)83-74(78)67-64-61-58-55-52-49-47-45-43-41-39-37-35-33-31-29-26-23-20-17-14-11-8-2/h10,13,19,22,28,30,34,36,40,42,46,48,62,65,71-72H,7-9,11-12,14-18,20-21,23-27,29,31-33,35,37-39,41,43-45,47,49-61,63-64,66-70H2,1-6H3,(H-,75,77,79,80)/p+1/b13-10-,22-19-,30-28-,36-34-,42-40-,48-46-,65-62+. The molecule has 0 aliphatic carbocycles. The minimum atomic E-state index is -4.46. The largest absolute Gasteiger partial charge is 0.472 e. The highest BCUT2D eigenvalue weighted by Gasteiger charge is 2.30. The quantitative estimate of drug-likeness (QED) is 0.0205. The number of nitrogens with one attached hydrogen (secondary N) is 1. The first-order valence-corrected chi connectivity index (χ1v) is 36.9. The van der Waals surface area contributed by atoms with Crippen LogP contribution in [0.4, 0.5) is 0 Å². The van der Waals surface area contributed by atoms with E-state index in [0.717, 1.165) is 103 Å². The van der Waals surface area contributed by atoms with E-state index < -0.39 is 20.0 Å². The fourth-order valence-corrected chi connectivity index (χ4v) is 10.9. The molecule has 488 valence electrons. The van der Waals surface area contributed by atoms with Crippen molar-refractivity contribution in [1.29, 1.82) is 0 Å². The average Bonchev–Trinajstić information content (AvgIpc) is 3.64. The summed E-state index contributed by atoms with van der Waals surface area (Å²) < 4.78 is 30.8. The van der Waals surface area contributed by atoms with Crippen molar-refractivity contribution in [2.75, 3.05) is 40.9 Å². The monoisotopic (exact) mass is 1200 g/mol. The Bertz CT molecular complexity index is 1710. The molecule has 0 spiro atoms. The molecule has 9 nitrogen and oxygen atoms in total. The molecule has 0 aliphatic heterocycles. The lowest BCUT2D eigenvalue weighted by molar-refractivity contribution is -0.870. The van der Waals surface area contributed by atoms with Crippen LogP contribution in [0.2, 0.25) is 0 Å². The highest BCUT2D eigenvalue weighted by atomic mass is 31.2. The fourth-order valence-electron chi connectivity index (χ4n) is 10.2. The van der Waals surface area contributed by atoms with Crippen LogP contribution in [0.3, 0.4) is 0 Å². The number of carbonyl (C=O) groups excluding carboxylic acids is 2. The smallest absolute Gasteiger partial charge is 0.456 e. The van der Waals surface area contributed by atoms with Gasteiger partial charge in [0.2, 0.25) is 5.91 Å². The van der Waals surface area contributed by atoms with Crippen molar-refractivity contribution in [3.8, 4) is 0 Å². The summed E-state index contributed by atoms with van der Waals surface area (Å²) in [6.45, 7) is 6.91. The van der Waals surface area contributed by atoms with Gasteiger partial charge in [0.1, 0.15) is 19.3 Å². The van der Waals surface area contributed by atoms with Gasteiger partial charge in [0.25, 0.3) is 0 Å². The maximum Gasteiger partial charge on any atom is 0.472 e. The zero-order chi connectivity index (χ0) is 61.4. The third-order valence-corrected chi connectivity index (χ3v) is 16.6. The molecule has 84 heavy (non-hydrogen) atoms. The summed E-state index contributed by atoms with van der Waals surface area (Å²) in [5.41, 5.74) is 0. The van der Waals surface area contributed by atoms with E-state index >= 15 is 0 Å². The molecule has 0 radical (unpaired) electrons. The van der Waals surface area contributed by atoms with Crippen LogP contribution in [-0.2, 0) is 27.9 Å². The number of allylic oxidation sites excluding steroid dienone is 13. The zero-order valence-corrected chi connectivity index (χ0v) is 56.8. The SMILES string of the molecule is CC/C=C\C/C=C\C/C=C\C/C=C\C/C=C\C/C=C\CCCCCCC(=O)NC(COP(=O)(O)OCC[N+](C)(C)C)C(/C=C/CCCCCCCCCCCC)OC(=O)CCCCCCCCCCCCCCCCCCCCCCCCC. The molecule has 0 fully saturated rings. The number of rotatable bonds is 64. The molecule has 10 heteroatoms. The van der Waals surface area contributed by atoms with Crippen molar-refractivity contribution in [3.63, 3.8) is 0 Å². The Kier molecular flexibility index (Phi) is 61.1. The minimum absolute atomic E-state index is 0.0329. The fraction of sp³-hybridized carbons (Fsp3) is 0.784. The number of ether oxygens (including phenoxy) is 1. The summed E-state index contributed by atoms with van der Waals surface area (Å²) in [6.07, 6.45) is 84.6. The number of hydrogen-bond acceptors (Lipinski definition) is 6. The molecule has 0 saturated heterocycles. The Morgan fingerprint density at radius 1 is 0.429 bits per heavy atom. The van der Waals surface area contributed by atoms with E-state index in [0.29, 0.717) is 23.9 Å². The summed E-state index contributed by atoms with van der Waals surface area (Å²) in [7, 11) is 1.48. The first kappa shape index (κ1) is 81.2. The Hall–Kier alpha value is -2.81.